The molecule has 1 fully saturated rings. The van der Waals surface area contributed by atoms with Crippen molar-refractivity contribution in [3.05, 3.63) is 71.8 Å². The Morgan fingerprint density at radius 1 is 0.529 bits per heavy atom. The van der Waals surface area contributed by atoms with E-state index >= 15 is 0 Å². The highest BCUT2D eigenvalue weighted by Crippen LogP contribution is 2.18. The molecule has 1 heterocycles. The van der Waals surface area contributed by atoms with Crippen LogP contribution in [0.4, 0.5) is 0 Å². The zero-order valence-electron chi connectivity index (χ0n) is 37.4. The molecule has 1 aliphatic heterocycles. The largest absolute Gasteiger partial charge is 0.481 e. The number of carboxylic acid groups (broad SMARTS) is 2. The molecule has 1 saturated heterocycles. The normalized spacial score (nSPS) is 21.9. The number of aliphatic carboxylic acids is 2. The SMILES string of the molecule is CN1CC(=O)N[C@@H](CC(=O)O)C(=O)N[C@@H](c2ccccc2)C(=O)N[C@@H](CCCN=C(N)N)C(=O)N(C)CC(=O)N[C@@H](CC(=O)O)C(=O)N[C@@H](c2ccccc2)C(=O)N[C@@H](CCCN=C(N)N)C1=O. The molecule has 0 unspecified atom stereocenters. The first-order valence-electron chi connectivity index (χ1n) is 21.1. The number of guanidine groups is 2. The Hall–Kier alpha value is -8.32. The molecule has 26 heteroatoms. The molecule has 0 radical (unpaired) electrons. The molecule has 2 aromatic rings. The minimum atomic E-state index is -1.83. The van der Waals surface area contributed by atoms with Crippen LogP contribution >= 0.6 is 0 Å². The number of rotatable bonds is 14. The lowest BCUT2D eigenvalue weighted by molar-refractivity contribution is -0.143. The van der Waals surface area contributed by atoms with Crippen LogP contribution in [0.25, 0.3) is 0 Å². The van der Waals surface area contributed by atoms with Gasteiger partial charge in [0.15, 0.2) is 11.9 Å². The fourth-order valence-electron chi connectivity index (χ4n) is 6.78. The molecule has 0 spiro atoms. The number of nitrogens with two attached hydrogens (primary N) is 4. The zero-order chi connectivity index (χ0) is 50.5. The molecular formula is C42H58N14O12. The summed E-state index contributed by atoms with van der Waals surface area (Å²) in [6.07, 6.45) is -2.07. The lowest BCUT2D eigenvalue weighted by atomic mass is 10.0. The first-order chi connectivity index (χ1) is 32.2. The third-order valence-electron chi connectivity index (χ3n) is 10.1. The van der Waals surface area contributed by atoms with Crippen molar-refractivity contribution in [3.63, 3.8) is 0 Å². The van der Waals surface area contributed by atoms with Crippen LogP contribution in [0.15, 0.2) is 70.6 Å². The predicted molar refractivity (Wildman–Crippen MR) is 242 cm³/mol. The smallest absolute Gasteiger partial charge is 0.305 e. The van der Waals surface area contributed by atoms with Gasteiger partial charge in [0.2, 0.25) is 47.3 Å². The van der Waals surface area contributed by atoms with E-state index < -0.39 is 121 Å². The second kappa shape index (κ2) is 26.6. The maximum absolute atomic E-state index is 14.2. The van der Waals surface area contributed by atoms with E-state index in [4.69, 9.17) is 22.9 Å². The van der Waals surface area contributed by atoms with E-state index in [1.54, 1.807) is 12.1 Å². The van der Waals surface area contributed by atoms with Gasteiger partial charge in [0.05, 0.1) is 25.9 Å². The number of likely N-dealkylation sites (N-methyl/N-ethyl adjacent to an activating group) is 2. The van der Waals surface area contributed by atoms with Gasteiger partial charge < -0.3 is 74.8 Å². The van der Waals surface area contributed by atoms with Crippen LogP contribution in [0.5, 0.6) is 0 Å². The molecule has 3 rings (SSSR count). The van der Waals surface area contributed by atoms with Gasteiger partial charge in [0, 0.05) is 27.2 Å². The molecular weight excluding hydrogens is 893 g/mol. The molecule has 0 aromatic heterocycles. The number of carbonyl (C=O) groups is 10. The number of benzene rings is 2. The van der Waals surface area contributed by atoms with Crippen molar-refractivity contribution in [2.24, 2.45) is 32.9 Å². The lowest BCUT2D eigenvalue weighted by Crippen LogP contribution is -2.57. The van der Waals surface area contributed by atoms with Gasteiger partial charge in [-0.25, -0.2) is 0 Å². The van der Waals surface area contributed by atoms with Gasteiger partial charge in [-0.1, -0.05) is 60.7 Å². The van der Waals surface area contributed by atoms with Gasteiger partial charge in [0.25, 0.3) is 0 Å². The average Bonchev–Trinajstić information content (AvgIpc) is 3.27. The number of carboxylic acids is 2. The van der Waals surface area contributed by atoms with E-state index in [-0.39, 0.29) is 61.8 Å². The Labute approximate surface area is 390 Å². The molecule has 6 atom stereocenters. The van der Waals surface area contributed by atoms with Crippen molar-refractivity contribution in [1.82, 2.24) is 41.7 Å². The number of aliphatic imine (C=N–C) groups is 2. The predicted octanol–water partition coefficient (Wildman–Crippen LogP) is -4.37. The highest BCUT2D eigenvalue weighted by atomic mass is 16.4. The number of hydrogen-bond donors (Lipinski definition) is 12. The van der Waals surface area contributed by atoms with Crippen LogP contribution in [-0.2, 0) is 47.9 Å². The third-order valence-corrected chi connectivity index (χ3v) is 10.1. The first-order valence-corrected chi connectivity index (χ1v) is 21.1. The minimum Gasteiger partial charge on any atom is -0.481 e. The quantitative estimate of drug-likeness (QED) is 0.0484. The van der Waals surface area contributed by atoms with Crippen molar-refractivity contribution in [1.29, 1.82) is 0 Å². The molecule has 0 bridgehead atoms. The summed E-state index contributed by atoms with van der Waals surface area (Å²) in [4.78, 5) is 145. The van der Waals surface area contributed by atoms with Crippen molar-refractivity contribution < 1.29 is 58.2 Å². The zero-order valence-corrected chi connectivity index (χ0v) is 37.4. The maximum Gasteiger partial charge on any atom is 0.305 e. The van der Waals surface area contributed by atoms with E-state index in [0.717, 1.165) is 9.80 Å². The molecule has 68 heavy (non-hydrogen) atoms. The van der Waals surface area contributed by atoms with Crippen molar-refractivity contribution in [3.8, 4) is 0 Å². The van der Waals surface area contributed by atoms with E-state index in [1.807, 2.05) is 0 Å². The monoisotopic (exact) mass is 950 g/mol. The fraction of sp³-hybridized carbons (Fsp3) is 0.429. The van der Waals surface area contributed by atoms with E-state index in [2.05, 4.69) is 41.9 Å². The van der Waals surface area contributed by atoms with Crippen LogP contribution in [-0.4, -0.2) is 156 Å². The highest BCUT2D eigenvalue weighted by Gasteiger charge is 2.36. The number of hydrogen-bond acceptors (Lipinski definition) is 12. The number of nitrogens with one attached hydrogen (secondary N) is 6. The Morgan fingerprint density at radius 3 is 1.18 bits per heavy atom. The number of nitrogens with zero attached hydrogens (tertiary/aromatic N) is 4. The van der Waals surface area contributed by atoms with Crippen molar-refractivity contribution in [2.45, 2.75) is 74.8 Å². The number of amides is 8. The van der Waals surface area contributed by atoms with Gasteiger partial charge in [-0.05, 0) is 36.8 Å². The van der Waals surface area contributed by atoms with E-state index in [1.165, 1.54) is 62.6 Å². The Balaban J connectivity index is 2.16. The summed E-state index contributed by atoms with van der Waals surface area (Å²) in [6, 6.07) is 5.38. The summed E-state index contributed by atoms with van der Waals surface area (Å²) >= 11 is 0. The lowest BCUT2D eigenvalue weighted by Gasteiger charge is -2.29. The Bertz CT molecular complexity index is 2050. The van der Waals surface area contributed by atoms with Crippen molar-refractivity contribution in [2.75, 3.05) is 40.3 Å². The summed E-state index contributed by atoms with van der Waals surface area (Å²) in [5.74, 6) is -11.6. The van der Waals surface area contributed by atoms with Crippen LogP contribution in [0.1, 0.15) is 61.7 Å². The first kappa shape index (κ1) is 54.0. The van der Waals surface area contributed by atoms with Gasteiger partial charge in [-0.15, -0.1) is 0 Å². The van der Waals surface area contributed by atoms with E-state index in [9.17, 15) is 58.2 Å². The van der Waals surface area contributed by atoms with Gasteiger partial charge >= 0.3 is 11.9 Å². The van der Waals surface area contributed by atoms with Gasteiger partial charge in [0.1, 0.15) is 36.3 Å². The average molecular weight is 951 g/mol. The molecule has 26 nitrogen and oxygen atoms in total. The Kier molecular flexibility index (Phi) is 21.1. The molecule has 8 amide bonds. The van der Waals surface area contributed by atoms with Gasteiger partial charge in [-0.2, -0.15) is 0 Å². The second-order valence-corrected chi connectivity index (χ2v) is 15.5. The molecule has 0 aliphatic carbocycles. The fourth-order valence-corrected chi connectivity index (χ4v) is 6.78. The van der Waals surface area contributed by atoms with Crippen LogP contribution < -0.4 is 54.8 Å². The Morgan fingerprint density at radius 2 is 0.868 bits per heavy atom. The topological polar surface area (TPSA) is 419 Å². The second-order valence-electron chi connectivity index (χ2n) is 15.5. The molecule has 16 N–H and O–H groups in total. The standard InChI is InChI=1S/C42H58N14O12/c1-55-21-29(57)49-27(19-31(59)60)35(63)54-34(24-13-7-4-8-14-24)38(66)52-26(16-10-18-48-42(45)46)40(68)56(2)22-30(58)50-28(20-32(61)62)36(64)53-33(23-11-5-3-6-12-23)37(65)51-25(39(55)67)15-9-17-47-41(43)44/h3-8,11-14,25-28,33-34H,9-10,15-22H2,1-2H3,(H,49,57)(H,50,58)(H,51,65)(H,52,66)(H,53,64)(H,54,63)(H,59,60)(H,61,62)(H4,43,44,47)(H4,45,46,48)/t25-,26-,27-,28-,33-,34-/m0/s1. The van der Waals surface area contributed by atoms with Gasteiger partial charge in [-0.3, -0.25) is 57.9 Å². The minimum absolute atomic E-state index is 0.00353. The maximum atomic E-state index is 14.2. The summed E-state index contributed by atoms with van der Waals surface area (Å²) in [5, 5.41) is 34.1. The summed E-state index contributed by atoms with van der Waals surface area (Å²) in [5.41, 5.74) is 22.1. The molecule has 1 aliphatic rings. The van der Waals surface area contributed by atoms with Crippen LogP contribution in [0.3, 0.4) is 0 Å². The number of carbonyl (C=O) groups excluding carboxylic acids is 8. The third kappa shape index (κ3) is 17.9. The van der Waals surface area contributed by atoms with Crippen molar-refractivity contribution >= 4 is 71.1 Å². The highest BCUT2D eigenvalue weighted by molar-refractivity contribution is 5.99. The summed E-state index contributed by atoms with van der Waals surface area (Å²) in [7, 11) is 2.37. The van der Waals surface area contributed by atoms with Crippen LogP contribution in [0, 0.1) is 0 Å². The molecule has 2 aromatic carbocycles. The molecule has 0 saturated carbocycles. The van der Waals surface area contributed by atoms with E-state index in [0.29, 0.717) is 0 Å². The summed E-state index contributed by atoms with van der Waals surface area (Å²) < 4.78 is 0. The van der Waals surface area contributed by atoms with Crippen LogP contribution in [0.2, 0.25) is 0 Å². The summed E-state index contributed by atoms with van der Waals surface area (Å²) in [6.45, 7) is -1.59. The molecule has 368 valence electrons.